The van der Waals surface area contributed by atoms with Gasteiger partial charge < -0.3 is 10.0 Å². The van der Waals surface area contributed by atoms with Gasteiger partial charge in [0.25, 0.3) is 0 Å². The Morgan fingerprint density at radius 1 is 1.27 bits per heavy atom. The molecule has 0 spiro atoms. The first-order valence-corrected chi connectivity index (χ1v) is 8.72. The van der Waals surface area contributed by atoms with Crippen LogP contribution in [0.2, 0.25) is 0 Å². The highest BCUT2D eigenvalue weighted by molar-refractivity contribution is 7.98. The second-order valence-corrected chi connectivity index (χ2v) is 6.71. The lowest BCUT2D eigenvalue weighted by molar-refractivity contribution is 0.0732. The zero-order valence-corrected chi connectivity index (χ0v) is 13.8. The lowest BCUT2D eigenvalue weighted by Crippen LogP contribution is -2.27. The van der Waals surface area contributed by atoms with Crippen LogP contribution in [0.3, 0.4) is 0 Å². The fourth-order valence-electron chi connectivity index (χ4n) is 2.75. The third-order valence-electron chi connectivity index (χ3n) is 4.15. The maximum Gasteiger partial charge on any atom is 0.132 e. The molecule has 22 heavy (non-hydrogen) atoms. The van der Waals surface area contributed by atoms with Crippen molar-refractivity contribution in [2.75, 3.05) is 18.2 Å². The average Bonchev–Trinajstić information content (AvgIpc) is 2.52. The molecule has 3 rings (SSSR count). The highest BCUT2D eigenvalue weighted by Gasteiger charge is 2.29. The minimum Gasteiger partial charge on any atom is -0.393 e. The summed E-state index contributed by atoms with van der Waals surface area (Å²) >= 11 is 1.76. The highest BCUT2D eigenvalue weighted by Crippen LogP contribution is 2.36. The number of thioether (sulfide) groups is 1. The van der Waals surface area contributed by atoms with Crippen LogP contribution in [0.15, 0.2) is 41.6 Å². The van der Waals surface area contributed by atoms with E-state index in [4.69, 9.17) is 0 Å². The number of aliphatic hydroxyl groups excluding tert-OH is 1. The van der Waals surface area contributed by atoms with E-state index in [-0.39, 0.29) is 6.10 Å². The minimum absolute atomic E-state index is 0.157. The van der Waals surface area contributed by atoms with Crippen molar-refractivity contribution in [2.45, 2.75) is 36.3 Å². The third kappa shape index (κ3) is 3.42. The summed E-state index contributed by atoms with van der Waals surface area (Å²) in [6.07, 6.45) is 5.19. The molecule has 1 heterocycles. The molecule has 1 N–H and O–H groups in total. The summed E-state index contributed by atoms with van der Waals surface area (Å²) < 4.78 is 0. The Hall–Kier alpha value is -1.59. The monoisotopic (exact) mass is 315 g/mol. The molecule has 4 nitrogen and oxygen atoms in total. The lowest BCUT2D eigenvalue weighted by atomic mass is 9.80. The van der Waals surface area contributed by atoms with E-state index in [1.165, 1.54) is 10.5 Å². The van der Waals surface area contributed by atoms with Crippen LogP contribution >= 0.6 is 11.8 Å². The Morgan fingerprint density at radius 2 is 2.09 bits per heavy atom. The van der Waals surface area contributed by atoms with Gasteiger partial charge in [-0.15, -0.1) is 11.8 Å². The van der Waals surface area contributed by atoms with E-state index in [2.05, 4.69) is 51.5 Å². The largest absolute Gasteiger partial charge is 0.393 e. The number of nitrogens with zero attached hydrogens (tertiary/aromatic N) is 3. The van der Waals surface area contributed by atoms with Crippen LogP contribution in [-0.4, -0.2) is 34.5 Å². The van der Waals surface area contributed by atoms with Crippen molar-refractivity contribution >= 4 is 17.6 Å². The van der Waals surface area contributed by atoms with E-state index >= 15 is 0 Å². The Bertz CT molecular complexity index is 643. The number of hydrogen-bond acceptors (Lipinski definition) is 5. The molecule has 0 saturated heterocycles. The normalized spacial score (nSPS) is 20.5. The van der Waals surface area contributed by atoms with Crippen molar-refractivity contribution < 1.29 is 5.11 Å². The molecule has 0 radical (unpaired) electrons. The molecular formula is C17H21N3OS. The fourth-order valence-corrected chi connectivity index (χ4v) is 3.23. The van der Waals surface area contributed by atoms with Crippen LogP contribution in [0.25, 0.3) is 0 Å². The van der Waals surface area contributed by atoms with E-state index in [9.17, 15) is 5.11 Å². The summed E-state index contributed by atoms with van der Waals surface area (Å²) in [5.41, 5.74) is 2.31. The molecule has 1 aromatic carbocycles. The van der Waals surface area contributed by atoms with Gasteiger partial charge in [-0.1, -0.05) is 12.1 Å². The number of rotatable bonds is 5. The molecule has 1 aromatic heterocycles. The lowest BCUT2D eigenvalue weighted by Gasteiger charge is -2.31. The van der Waals surface area contributed by atoms with Gasteiger partial charge in [-0.25, -0.2) is 9.97 Å². The molecule has 0 bridgehead atoms. The van der Waals surface area contributed by atoms with Crippen molar-refractivity contribution in [1.82, 2.24) is 9.97 Å². The van der Waals surface area contributed by atoms with Crippen molar-refractivity contribution in [2.24, 2.45) is 0 Å². The molecule has 1 aliphatic rings. The van der Waals surface area contributed by atoms with Crippen LogP contribution < -0.4 is 4.90 Å². The Morgan fingerprint density at radius 3 is 2.82 bits per heavy atom. The molecule has 0 amide bonds. The second kappa shape index (κ2) is 6.67. The van der Waals surface area contributed by atoms with Gasteiger partial charge in [0.1, 0.15) is 12.1 Å². The van der Waals surface area contributed by atoms with Crippen LogP contribution in [-0.2, 0) is 6.54 Å². The van der Waals surface area contributed by atoms with Crippen LogP contribution in [0.5, 0.6) is 0 Å². The van der Waals surface area contributed by atoms with Crippen molar-refractivity contribution in [3.05, 3.63) is 47.9 Å². The van der Waals surface area contributed by atoms with Gasteiger partial charge in [-0.3, -0.25) is 0 Å². The maximum atomic E-state index is 9.45. The maximum absolute atomic E-state index is 9.45. The van der Waals surface area contributed by atoms with Crippen LogP contribution in [0.1, 0.15) is 30.0 Å². The van der Waals surface area contributed by atoms with E-state index in [1.807, 2.05) is 7.05 Å². The van der Waals surface area contributed by atoms with Gasteiger partial charge in [0, 0.05) is 36.2 Å². The SMILES string of the molecule is CSc1cccc(CN(C)c2cc(C3CC(O)C3)ncn2)c1. The first-order chi connectivity index (χ1) is 10.7. The number of hydrogen-bond donors (Lipinski definition) is 1. The van der Waals surface area contributed by atoms with Crippen LogP contribution in [0, 0.1) is 0 Å². The van der Waals surface area contributed by atoms with Gasteiger partial charge in [0.15, 0.2) is 0 Å². The number of anilines is 1. The molecule has 1 fully saturated rings. The first-order valence-electron chi connectivity index (χ1n) is 7.50. The summed E-state index contributed by atoms with van der Waals surface area (Å²) in [7, 11) is 2.05. The molecule has 0 atom stereocenters. The van der Waals surface area contributed by atoms with E-state index in [1.54, 1.807) is 18.1 Å². The van der Waals surface area contributed by atoms with E-state index < -0.39 is 0 Å². The molecule has 1 aliphatic carbocycles. The van der Waals surface area contributed by atoms with Gasteiger partial charge in [0.05, 0.1) is 6.10 Å². The summed E-state index contributed by atoms with van der Waals surface area (Å²) in [5.74, 6) is 1.31. The zero-order chi connectivity index (χ0) is 15.5. The average molecular weight is 315 g/mol. The quantitative estimate of drug-likeness (QED) is 0.859. The van der Waals surface area contributed by atoms with Crippen molar-refractivity contribution in [3.8, 4) is 0 Å². The summed E-state index contributed by atoms with van der Waals surface area (Å²) in [6, 6.07) is 10.6. The zero-order valence-electron chi connectivity index (χ0n) is 12.9. The first kappa shape index (κ1) is 15.3. The smallest absolute Gasteiger partial charge is 0.132 e. The van der Waals surface area contributed by atoms with Crippen molar-refractivity contribution in [3.63, 3.8) is 0 Å². The summed E-state index contributed by atoms with van der Waals surface area (Å²) in [4.78, 5) is 12.2. The molecule has 0 unspecified atom stereocenters. The minimum atomic E-state index is -0.157. The molecule has 116 valence electrons. The van der Waals surface area contributed by atoms with Gasteiger partial charge >= 0.3 is 0 Å². The summed E-state index contributed by atoms with van der Waals surface area (Å²) in [5, 5.41) is 9.45. The van der Waals surface area contributed by atoms with Crippen molar-refractivity contribution in [1.29, 1.82) is 0 Å². The van der Waals surface area contributed by atoms with Gasteiger partial charge in [0.2, 0.25) is 0 Å². The molecule has 2 aromatic rings. The van der Waals surface area contributed by atoms with E-state index in [0.29, 0.717) is 5.92 Å². The number of benzene rings is 1. The molecule has 1 saturated carbocycles. The predicted molar refractivity (Wildman–Crippen MR) is 90.3 cm³/mol. The fraction of sp³-hybridized carbons (Fsp3) is 0.412. The third-order valence-corrected chi connectivity index (χ3v) is 4.88. The predicted octanol–water partition coefficient (Wildman–Crippen LogP) is 3.07. The molecule has 5 heteroatoms. The number of aliphatic hydroxyl groups is 1. The van der Waals surface area contributed by atoms with Crippen LogP contribution in [0.4, 0.5) is 5.82 Å². The Labute approximate surface area is 135 Å². The summed E-state index contributed by atoms with van der Waals surface area (Å²) in [6.45, 7) is 0.818. The molecule has 0 aliphatic heterocycles. The Kier molecular flexibility index (Phi) is 4.64. The Balaban J connectivity index is 1.71. The highest BCUT2D eigenvalue weighted by atomic mass is 32.2. The molecular weight excluding hydrogens is 294 g/mol. The van der Waals surface area contributed by atoms with E-state index in [0.717, 1.165) is 30.9 Å². The van der Waals surface area contributed by atoms with Gasteiger partial charge in [-0.05, 0) is 36.8 Å². The standard InChI is InChI=1S/C17H21N3OS/c1-20(10-12-4-3-5-15(6-12)22-2)17-9-16(18-11-19-17)13-7-14(21)8-13/h3-6,9,11,13-14,21H,7-8,10H2,1-2H3. The number of aromatic nitrogens is 2. The van der Waals surface area contributed by atoms with Gasteiger partial charge in [-0.2, -0.15) is 0 Å². The second-order valence-electron chi connectivity index (χ2n) is 5.83. The topological polar surface area (TPSA) is 49.2 Å².